The van der Waals surface area contributed by atoms with Gasteiger partial charge >= 0.3 is 0 Å². The molecule has 4 heteroatoms. The molecule has 0 atom stereocenters. The number of hydrogen-bond donors (Lipinski definition) is 2. The Kier molecular flexibility index (Phi) is 3.13. The summed E-state index contributed by atoms with van der Waals surface area (Å²) in [6.45, 7) is 0.895. The smallest absolute Gasteiger partial charge is 0.0798 e. The number of nitrogens with one attached hydrogen (secondary N) is 2. The lowest BCUT2D eigenvalue weighted by atomic mass is 10.1. The van der Waals surface area contributed by atoms with E-state index in [0.717, 1.165) is 13.0 Å². The topological polar surface area (TPSA) is 40.7 Å². The molecule has 2 heterocycles. The second-order valence-electron chi connectivity index (χ2n) is 4.33. The minimum absolute atomic E-state index is 0.895. The molecule has 1 aromatic carbocycles. The van der Waals surface area contributed by atoms with Gasteiger partial charge in [-0.1, -0.05) is 6.07 Å². The molecule has 0 aliphatic heterocycles. The van der Waals surface area contributed by atoms with Gasteiger partial charge in [0.25, 0.3) is 0 Å². The van der Waals surface area contributed by atoms with Crippen molar-refractivity contribution in [3.05, 3.63) is 52.1 Å². The van der Waals surface area contributed by atoms with E-state index >= 15 is 0 Å². The van der Waals surface area contributed by atoms with Crippen molar-refractivity contribution in [1.29, 1.82) is 0 Å². The fraction of sp³-hybridized carbons (Fsp3) is 0.214. The van der Waals surface area contributed by atoms with Gasteiger partial charge in [0.1, 0.15) is 0 Å². The van der Waals surface area contributed by atoms with Crippen LogP contribution in [0.3, 0.4) is 0 Å². The summed E-state index contributed by atoms with van der Waals surface area (Å²) in [5.41, 5.74) is 5.61. The van der Waals surface area contributed by atoms with Gasteiger partial charge in [-0.15, -0.1) is 11.3 Å². The number of hydrogen-bond acceptors (Lipinski definition) is 3. The van der Waals surface area contributed by atoms with Crippen LogP contribution in [0.5, 0.6) is 0 Å². The highest BCUT2D eigenvalue weighted by Crippen LogP contribution is 2.20. The number of H-pyrrole nitrogens is 1. The number of fused-ring (bicyclic) bond motifs is 1. The minimum atomic E-state index is 0.895. The molecule has 0 spiro atoms. The van der Waals surface area contributed by atoms with Crippen LogP contribution >= 0.6 is 11.3 Å². The first-order valence-corrected chi connectivity index (χ1v) is 6.86. The van der Waals surface area contributed by atoms with Crippen LogP contribution in [0.15, 0.2) is 36.0 Å². The largest absolute Gasteiger partial charge is 0.361 e. The van der Waals surface area contributed by atoms with Crippen molar-refractivity contribution in [2.24, 2.45) is 0 Å². The van der Waals surface area contributed by atoms with Crippen LogP contribution in [0.25, 0.3) is 10.9 Å². The second kappa shape index (κ2) is 4.92. The molecule has 0 saturated heterocycles. The van der Waals surface area contributed by atoms with E-state index in [-0.39, 0.29) is 0 Å². The van der Waals surface area contributed by atoms with E-state index in [2.05, 4.69) is 39.6 Å². The van der Waals surface area contributed by atoms with E-state index in [9.17, 15) is 0 Å². The fourth-order valence-electron chi connectivity index (χ4n) is 2.15. The first-order chi connectivity index (χ1) is 8.86. The van der Waals surface area contributed by atoms with Crippen molar-refractivity contribution in [2.45, 2.75) is 13.0 Å². The van der Waals surface area contributed by atoms with Crippen LogP contribution in [-0.2, 0) is 13.0 Å². The van der Waals surface area contributed by atoms with Crippen molar-refractivity contribution in [3.8, 4) is 0 Å². The summed E-state index contributed by atoms with van der Waals surface area (Å²) in [5.74, 6) is 0. The number of aromatic amines is 1. The van der Waals surface area contributed by atoms with Gasteiger partial charge in [-0.3, -0.25) is 0 Å². The predicted octanol–water partition coefficient (Wildman–Crippen LogP) is 2.93. The quantitative estimate of drug-likeness (QED) is 0.754. The first kappa shape index (κ1) is 11.4. The highest BCUT2D eigenvalue weighted by molar-refractivity contribution is 7.09. The zero-order chi connectivity index (χ0) is 12.4. The predicted molar refractivity (Wildman–Crippen MR) is 76.0 cm³/mol. The van der Waals surface area contributed by atoms with E-state index in [4.69, 9.17) is 0 Å². The highest BCUT2D eigenvalue weighted by Gasteiger charge is 2.07. The van der Waals surface area contributed by atoms with Gasteiger partial charge in [0.05, 0.1) is 11.2 Å². The molecule has 0 amide bonds. The summed E-state index contributed by atoms with van der Waals surface area (Å²) in [7, 11) is 1.97. The first-order valence-electron chi connectivity index (χ1n) is 5.98. The van der Waals surface area contributed by atoms with Crippen LogP contribution in [0, 0.1) is 0 Å². The average molecular weight is 257 g/mol. The molecule has 0 aliphatic carbocycles. The van der Waals surface area contributed by atoms with Gasteiger partial charge in [-0.2, -0.15) is 0 Å². The molecule has 0 saturated carbocycles. The molecule has 3 nitrogen and oxygen atoms in total. The number of benzene rings is 1. The van der Waals surface area contributed by atoms with E-state index < -0.39 is 0 Å². The molecule has 3 aromatic rings. The molecule has 18 heavy (non-hydrogen) atoms. The number of aromatic nitrogens is 2. The molecular formula is C14H15N3S. The lowest BCUT2D eigenvalue weighted by molar-refractivity contribution is 0.817. The maximum atomic E-state index is 4.47. The van der Waals surface area contributed by atoms with Crippen molar-refractivity contribution < 1.29 is 0 Å². The minimum Gasteiger partial charge on any atom is -0.361 e. The van der Waals surface area contributed by atoms with Crippen molar-refractivity contribution >= 4 is 22.2 Å². The van der Waals surface area contributed by atoms with E-state index in [0.29, 0.717) is 0 Å². The Bertz CT molecular complexity index is 654. The molecule has 0 unspecified atom stereocenters. The summed E-state index contributed by atoms with van der Waals surface area (Å²) < 4.78 is 0. The second-order valence-corrected chi connectivity index (χ2v) is 5.27. The Morgan fingerprint density at radius 3 is 3.17 bits per heavy atom. The van der Waals surface area contributed by atoms with Gasteiger partial charge in [0.2, 0.25) is 0 Å². The van der Waals surface area contributed by atoms with E-state index in [1.54, 1.807) is 11.3 Å². The summed E-state index contributed by atoms with van der Waals surface area (Å²) in [6.07, 6.45) is 2.88. The molecule has 0 bridgehead atoms. The molecule has 0 aliphatic rings. The Hall–Kier alpha value is -1.65. The number of rotatable bonds is 4. The molecule has 2 aromatic heterocycles. The lowest BCUT2D eigenvalue weighted by Gasteiger charge is -2.03. The molecular weight excluding hydrogens is 242 g/mol. The number of thiazole rings is 1. The SMILES string of the molecule is CNCc1scnc1Cc1ccc2[nH]ccc2c1. The third-order valence-electron chi connectivity index (χ3n) is 3.05. The monoisotopic (exact) mass is 257 g/mol. The summed E-state index contributed by atoms with van der Waals surface area (Å²) in [6, 6.07) is 8.64. The third-order valence-corrected chi connectivity index (χ3v) is 3.93. The van der Waals surface area contributed by atoms with E-state index in [1.807, 2.05) is 18.8 Å². The average Bonchev–Trinajstić information content (AvgIpc) is 2.99. The third kappa shape index (κ3) is 2.17. The summed E-state index contributed by atoms with van der Waals surface area (Å²) in [5, 5.41) is 4.45. The Morgan fingerprint density at radius 2 is 2.28 bits per heavy atom. The van der Waals surface area contributed by atoms with Gasteiger partial charge < -0.3 is 10.3 Å². The van der Waals surface area contributed by atoms with Gasteiger partial charge in [-0.05, 0) is 36.2 Å². The summed E-state index contributed by atoms with van der Waals surface area (Å²) in [4.78, 5) is 9.01. The highest BCUT2D eigenvalue weighted by atomic mass is 32.1. The number of nitrogens with zero attached hydrogens (tertiary/aromatic N) is 1. The van der Waals surface area contributed by atoms with Crippen LogP contribution in [0.2, 0.25) is 0 Å². The standard InChI is InChI=1S/C14H15N3S/c1-15-8-14-13(17-9-18-14)7-10-2-3-12-11(6-10)4-5-16-12/h2-6,9,15-16H,7-8H2,1H3. The lowest BCUT2D eigenvalue weighted by Crippen LogP contribution is -2.06. The van der Waals surface area contributed by atoms with Crippen LogP contribution in [0.4, 0.5) is 0 Å². The molecule has 92 valence electrons. The maximum Gasteiger partial charge on any atom is 0.0798 e. The van der Waals surface area contributed by atoms with Crippen molar-refractivity contribution in [3.63, 3.8) is 0 Å². The molecule has 3 rings (SSSR count). The molecule has 0 radical (unpaired) electrons. The Morgan fingerprint density at radius 1 is 1.33 bits per heavy atom. The summed E-state index contributed by atoms with van der Waals surface area (Å²) >= 11 is 1.72. The van der Waals surface area contributed by atoms with Gasteiger partial charge in [0.15, 0.2) is 0 Å². The molecule has 2 N–H and O–H groups in total. The normalized spacial score (nSPS) is 11.2. The zero-order valence-corrected chi connectivity index (χ0v) is 11.1. The fourth-order valence-corrected chi connectivity index (χ4v) is 2.94. The zero-order valence-electron chi connectivity index (χ0n) is 10.2. The Labute approximate surface area is 110 Å². The van der Waals surface area contributed by atoms with Crippen LogP contribution in [-0.4, -0.2) is 17.0 Å². The van der Waals surface area contributed by atoms with Crippen molar-refractivity contribution in [2.75, 3.05) is 7.05 Å². The van der Waals surface area contributed by atoms with Crippen LogP contribution < -0.4 is 5.32 Å². The van der Waals surface area contributed by atoms with Crippen molar-refractivity contribution in [1.82, 2.24) is 15.3 Å². The van der Waals surface area contributed by atoms with Gasteiger partial charge in [0, 0.05) is 29.6 Å². The van der Waals surface area contributed by atoms with Gasteiger partial charge in [-0.25, -0.2) is 4.98 Å². The Balaban J connectivity index is 1.88. The van der Waals surface area contributed by atoms with E-state index in [1.165, 1.54) is 27.0 Å². The maximum absolute atomic E-state index is 4.47. The molecule has 0 fully saturated rings. The van der Waals surface area contributed by atoms with Crippen LogP contribution in [0.1, 0.15) is 16.1 Å².